The van der Waals surface area contributed by atoms with Gasteiger partial charge in [-0.1, -0.05) is 215 Å². The third-order valence-corrected chi connectivity index (χ3v) is 13.9. The predicted octanol–water partition coefficient (Wildman–Crippen LogP) is 17.4. The standard InChI is InChI=1S/2C26H25.C12H7Si.2ClH.Zr/c2*1-4-8-21-11-12-22-16-23(20-9-6-5-7-10-20)17-25(22)26(21)24-14-18(2)13-19(3)15-24;1-3-7-11-9(5-1)10-6-2-4-8-12(10)13-11;;;/h2*5-7,9-17H,4,8H2,1-3H3;1-7H;2*1H;/q3*-1;;;+2/p-2. The van der Waals surface area contributed by atoms with Crippen LogP contribution in [0.2, 0.25) is 0 Å². The van der Waals surface area contributed by atoms with Crippen molar-refractivity contribution >= 4 is 58.5 Å². The molecule has 1 heterocycles. The average Bonchev–Trinajstić information content (AvgIpc) is 4.08. The quantitative estimate of drug-likeness (QED) is 0.105. The number of fused-ring (bicyclic) bond motifs is 5. The fraction of sp³-hybridized carbons (Fsp3) is 0.156. The molecule has 1 aliphatic heterocycles. The molecule has 0 unspecified atom stereocenters. The van der Waals surface area contributed by atoms with E-state index in [2.05, 4.69) is 230 Å². The van der Waals surface area contributed by atoms with Gasteiger partial charge in [0.25, 0.3) is 0 Å². The molecule has 0 nitrogen and oxygen atoms in total. The summed E-state index contributed by atoms with van der Waals surface area (Å²) in [4.78, 5) is 0. The number of hydrogen-bond acceptors (Lipinski definition) is 0. The van der Waals surface area contributed by atoms with Crippen LogP contribution in [0.3, 0.4) is 0 Å². The molecule has 0 aromatic heterocycles. The second-order valence-electron chi connectivity index (χ2n) is 17.9. The molecule has 0 atom stereocenters. The smallest absolute Gasteiger partial charge is 0.0920 e. The SMILES string of the molecule is CCCc1ccc2[cH-]c(-c3ccccc3)cc2c1-c1cc(C)cc(C)c1.CCCc1ccc2[cH-]c(-c3ccccc3)cc2c1-c1cc(C)cc(C)c1.[Cl][Zr][Cl].[c-]1cccc2c1[Si]c1ccccc1-2. The monoisotopic (exact) mass is 1010 g/mol. The molecule has 2 radical (unpaired) electrons. The van der Waals surface area contributed by atoms with E-state index in [-0.39, 0.29) is 0 Å². The van der Waals surface area contributed by atoms with Gasteiger partial charge in [-0.05, 0) is 62.8 Å². The van der Waals surface area contributed by atoms with Gasteiger partial charge in [0, 0.05) is 0 Å². The fourth-order valence-electron chi connectivity index (χ4n) is 9.85. The molecular weight excluding hydrogens is 959 g/mol. The van der Waals surface area contributed by atoms with Crippen molar-refractivity contribution in [2.45, 2.75) is 67.2 Å². The first-order valence-corrected chi connectivity index (χ1v) is 31.1. The second kappa shape index (κ2) is 23.3. The average molecular weight is 1020 g/mol. The molecule has 0 amide bonds. The summed E-state index contributed by atoms with van der Waals surface area (Å²) in [5.41, 5.74) is 21.7. The first-order chi connectivity index (χ1) is 33.2. The van der Waals surface area contributed by atoms with E-state index in [9.17, 15) is 0 Å². The maximum absolute atomic E-state index is 4.93. The van der Waals surface area contributed by atoms with Crippen LogP contribution in [0.1, 0.15) is 60.1 Å². The van der Waals surface area contributed by atoms with Crippen molar-refractivity contribution in [3.8, 4) is 55.6 Å². The summed E-state index contributed by atoms with van der Waals surface area (Å²) in [5.74, 6) is 0. The van der Waals surface area contributed by atoms with Crippen LogP contribution in [-0.2, 0) is 33.7 Å². The fourth-order valence-corrected chi connectivity index (χ4v) is 11.2. The molecule has 11 rings (SSSR count). The number of hydrogen-bond donors (Lipinski definition) is 0. The number of rotatable bonds is 8. The normalized spacial score (nSPS) is 11.1. The van der Waals surface area contributed by atoms with E-state index in [0.29, 0.717) is 0 Å². The number of halogens is 2. The minimum atomic E-state index is -0.826. The largest absolute Gasteiger partial charge is 0.184 e. The Balaban J connectivity index is 0.000000140. The molecular formula is C64H57Cl2SiZr-3. The second-order valence-corrected chi connectivity index (χ2v) is 22.9. The van der Waals surface area contributed by atoms with Crippen molar-refractivity contribution in [3.05, 3.63) is 228 Å². The Labute approximate surface area is 426 Å². The zero-order valence-electron chi connectivity index (χ0n) is 40.0. The zero-order chi connectivity index (χ0) is 47.6. The molecule has 1 aliphatic rings. The molecule has 0 aliphatic carbocycles. The van der Waals surface area contributed by atoms with Crippen LogP contribution in [0.4, 0.5) is 0 Å². The van der Waals surface area contributed by atoms with Gasteiger partial charge in [0.15, 0.2) is 0 Å². The molecule has 0 saturated carbocycles. The zero-order valence-corrected chi connectivity index (χ0v) is 45.0. The van der Waals surface area contributed by atoms with Gasteiger partial charge in [0.1, 0.15) is 0 Å². The number of benzene rings is 8. The van der Waals surface area contributed by atoms with E-state index in [1.165, 1.54) is 121 Å². The third-order valence-electron chi connectivity index (χ3n) is 12.6. The van der Waals surface area contributed by atoms with Crippen LogP contribution in [0.5, 0.6) is 0 Å². The summed E-state index contributed by atoms with van der Waals surface area (Å²) in [5, 5.41) is 8.24. The van der Waals surface area contributed by atoms with Gasteiger partial charge in [0.2, 0.25) is 0 Å². The Morgan fingerprint density at radius 3 is 1.35 bits per heavy atom. The summed E-state index contributed by atoms with van der Waals surface area (Å²) >= 11 is -0.826. The Hall–Kier alpha value is -5.34. The molecule has 4 heteroatoms. The van der Waals surface area contributed by atoms with Crippen molar-refractivity contribution in [1.82, 2.24) is 0 Å². The Bertz CT molecular complexity index is 3010. The van der Waals surface area contributed by atoms with Crippen LogP contribution >= 0.6 is 17.0 Å². The molecule has 0 spiro atoms. The molecule has 338 valence electrons. The van der Waals surface area contributed by atoms with E-state index in [1.54, 1.807) is 0 Å². The molecule has 10 aromatic carbocycles. The Morgan fingerprint density at radius 1 is 0.471 bits per heavy atom. The van der Waals surface area contributed by atoms with Crippen LogP contribution in [0, 0.1) is 33.8 Å². The van der Waals surface area contributed by atoms with Gasteiger partial charge in [-0.25, -0.2) is 0 Å². The van der Waals surface area contributed by atoms with Crippen LogP contribution in [0.15, 0.2) is 188 Å². The molecule has 0 saturated heterocycles. The molecule has 0 bridgehead atoms. The van der Waals surface area contributed by atoms with Gasteiger partial charge in [-0.3, -0.25) is 0 Å². The summed E-state index contributed by atoms with van der Waals surface area (Å²) in [6.07, 6.45) is 4.55. The molecule has 0 N–H and O–H groups in total. The van der Waals surface area contributed by atoms with E-state index in [0.717, 1.165) is 35.2 Å². The Morgan fingerprint density at radius 2 is 0.897 bits per heavy atom. The van der Waals surface area contributed by atoms with Crippen molar-refractivity contribution in [3.63, 3.8) is 0 Å². The minimum Gasteiger partial charge on any atom is -0.184 e. The minimum absolute atomic E-state index is 0.795. The summed E-state index contributed by atoms with van der Waals surface area (Å²) < 4.78 is 0. The van der Waals surface area contributed by atoms with Crippen molar-refractivity contribution in [2.75, 3.05) is 0 Å². The van der Waals surface area contributed by atoms with Crippen molar-refractivity contribution < 1.29 is 20.8 Å². The van der Waals surface area contributed by atoms with Gasteiger partial charge < -0.3 is 0 Å². The topological polar surface area (TPSA) is 0 Å². The van der Waals surface area contributed by atoms with Gasteiger partial charge in [0.05, 0.1) is 9.52 Å². The van der Waals surface area contributed by atoms with Crippen LogP contribution in [0.25, 0.3) is 77.2 Å². The molecule has 10 aromatic rings. The van der Waals surface area contributed by atoms with E-state index in [4.69, 9.17) is 17.0 Å². The maximum Gasteiger partial charge on any atom is 0.0920 e. The molecule has 68 heavy (non-hydrogen) atoms. The van der Waals surface area contributed by atoms with Crippen LogP contribution in [-0.4, -0.2) is 9.52 Å². The first-order valence-electron chi connectivity index (χ1n) is 23.7. The van der Waals surface area contributed by atoms with E-state index >= 15 is 0 Å². The van der Waals surface area contributed by atoms with Crippen molar-refractivity contribution in [1.29, 1.82) is 0 Å². The van der Waals surface area contributed by atoms with Gasteiger partial charge in [-0.15, -0.1) is 74.6 Å². The Kier molecular flexibility index (Phi) is 16.8. The van der Waals surface area contributed by atoms with Crippen LogP contribution < -0.4 is 10.4 Å². The van der Waals surface area contributed by atoms with E-state index in [1.807, 2.05) is 6.07 Å². The first kappa shape index (κ1) is 49.1. The summed E-state index contributed by atoms with van der Waals surface area (Å²) in [6, 6.07) is 72.0. The van der Waals surface area contributed by atoms with Crippen molar-refractivity contribution in [2.24, 2.45) is 0 Å². The van der Waals surface area contributed by atoms with E-state index < -0.39 is 20.8 Å². The van der Waals surface area contributed by atoms with Gasteiger partial charge >= 0.3 is 37.9 Å². The summed E-state index contributed by atoms with van der Waals surface area (Å²) in [6.45, 7) is 13.3. The predicted molar refractivity (Wildman–Crippen MR) is 295 cm³/mol. The van der Waals surface area contributed by atoms with Gasteiger partial charge in [-0.2, -0.15) is 29.5 Å². The maximum atomic E-state index is 4.93. The summed E-state index contributed by atoms with van der Waals surface area (Å²) in [7, 11) is 10.7. The molecule has 0 fully saturated rings. The third kappa shape index (κ3) is 11.6. The number of aryl methyl sites for hydroxylation is 6.